The number of benzene rings is 2. The van der Waals surface area contributed by atoms with Crippen molar-refractivity contribution in [2.24, 2.45) is 12.0 Å². The van der Waals surface area contributed by atoms with Gasteiger partial charge in [-0.3, -0.25) is 19.4 Å². The van der Waals surface area contributed by atoms with E-state index in [0.29, 0.717) is 52.7 Å². The predicted molar refractivity (Wildman–Crippen MR) is 174 cm³/mol. The van der Waals surface area contributed by atoms with Gasteiger partial charge in [0.15, 0.2) is 17.3 Å². The van der Waals surface area contributed by atoms with Gasteiger partial charge in [-0.25, -0.2) is 9.78 Å². The summed E-state index contributed by atoms with van der Waals surface area (Å²) in [5, 5.41) is 6.27. The molecule has 2 aliphatic rings. The van der Waals surface area contributed by atoms with Crippen LogP contribution in [0.4, 0.5) is 17.2 Å². The van der Waals surface area contributed by atoms with Gasteiger partial charge in [-0.05, 0) is 48.6 Å². The van der Waals surface area contributed by atoms with Crippen molar-refractivity contribution in [3.8, 4) is 11.5 Å². The molecule has 2 atom stereocenters. The molecule has 4 heterocycles. The van der Waals surface area contributed by atoms with Gasteiger partial charge < -0.3 is 39.0 Å². The van der Waals surface area contributed by atoms with Crippen LogP contribution in [0.3, 0.4) is 0 Å². The maximum absolute atomic E-state index is 13.4. The predicted octanol–water partition coefficient (Wildman–Crippen LogP) is 4.04. The first-order valence-electron chi connectivity index (χ1n) is 14.7. The number of thiophene rings is 1. The first kappa shape index (κ1) is 31.7. The Morgan fingerprint density at radius 2 is 1.83 bits per heavy atom. The van der Waals surface area contributed by atoms with Crippen molar-refractivity contribution in [3.05, 3.63) is 58.9 Å². The van der Waals surface area contributed by atoms with E-state index in [1.165, 1.54) is 43.4 Å². The van der Waals surface area contributed by atoms with E-state index in [9.17, 15) is 19.2 Å². The van der Waals surface area contributed by atoms with Crippen molar-refractivity contribution in [2.45, 2.75) is 25.0 Å². The van der Waals surface area contributed by atoms with Gasteiger partial charge in [0.2, 0.25) is 5.82 Å². The number of hydrogen-bond acceptors (Lipinski definition) is 11. The molecule has 0 bridgehead atoms. The highest BCUT2D eigenvalue weighted by atomic mass is 32.1. The maximum Gasteiger partial charge on any atom is 0.348 e. The summed E-state index contributed by atoms with van der Waals surface area (Å²) in [5.41, 5.74) is 1.45. The second-order valence-electron chi connectivity index (χ2n) is 10.9. The van der Waals surface area contributed by atoms with Crippen molar-refractivity contribution in [2.75, 3.05) is 45.1 Å². The number of esters is 1. The number of amides is 3. The molecule has 2 aromatic carbocycles. The molecule has 0 aliphatic carbocycles. The number of rotatable bonds is 9. The number of piperidine rings is 1. The molecule has 3 amide bonds. The Morgan fingerprint density at radius 1 is 1.04 bits per heavy atom. The highest BCUT2D eigenvalue weighted by Crippen LogP contribution is 2.38. The molecule has 4 aromatic rings. The van der Waals surface area contributed by atoms with Crippen LogP contribution in [0.25, 0.3) is 10.1 Å². The van der Waals surface area contributed by atoms with E-state index in [1.54, 1.807) is 48.5 Å². The van der Waals surface area contributed by atoms with Gasteiger partial charge in [0.05, 0.1) is 44.7 Å². The number of nitrogens with zero attached hydrogens (tertiary/aromatic N) is 4. The molecule has 47 heavy (non-hydrogen) atoms. The average molecular weight is 661 g/mol. The number of hydrogen-bond donors (Lipinski definition) is 2. The number of nitrogens with one attached hydrogen (secondary N) is 2. The van der Waals surface area contributed by atoms with Crippen LogP contribution in [0.5, 0.6) is 11.5 Å². The Labute approximate surface area is 273 Å². The summed E-state index contributed by atoms with van der Waals surface area (Å²) in [6.45, 7) is 0.198. The number of anilines is 2. The fourth-order valence-electron chi connectivity index (χ4n) is 5.59. The Hall–Kier alpha value is -5.28. The zero-order chi connectivity index (χ0) is 33.2. The highest BCUT2D eigenvalue weighted by Gasteiger charge is 2.35. The Kier molecular flexibility index (Phi) is 8.91. The number of carbonyl (C=O) groups is 4. The molecule has 15 heteroatoms. The summed E-state index contributed by atoms with van der Waals surface area (Å²) in [6, 6.07) is 10.0. The molecule has 2 aromatic heterocycles. The number of ether oxygens (including phenoxy) is 4. The van der Waals surface area contributed by atoms with Crippen molar-refractivity contribution < 1.29 is 38.1 Å². The zero-order valence-electron chi connectivity index (χ0n) is 26.1. The van der Waals surface area contributed by atoms with Crippen LogP contribution >= 0.6 is 11.3 Å². The van der Waals surface area contributed by atoms with Gasteiger partial charge in [0.25, 0.3) is 17.7 Å². The highest BCUT2D eigenvalue weighted by molar-refractivity contribution is 7.20. The van der Waals surface area contributed by atoms with Crippen LogP contribution < -0.4 is 20.1 Å². The first-order chi connectivity index (χ1) is 22.7. The summed E-state index contributed by atoms with van der Waals surface area (Å²) in [7, 11) is 6.01. The minimum absolute atomic E-state index is 0.0859. The fourth-order valence-corrected chi connectivity index (χ4v) is 6.56. The van der Waals surface area contributed by atoms with E-state index >= 15 is 0 Å². The van der Waals surface area contributed by atoms with E-state index in [4.69, 9.17) is 18.9 Å². The van der Waals surface area contributed by atoms with Crippen LogP contribution in [0.1, 0.15) is 43.5 Å². The summed E-state index contributed by atoms with van der Waals surface area (Å²) >= 11 is 1.30. The Morgan fingerprint density at radius 3 is 2.60 bits per heavy atom. The van der Waals surface area contributed by atoms with E-state index in [1.807, 2.05) is 6.07 Å². The second kappa shape index (κ2) is 13.2. The van der Waals surface area contributed by atoms with Crippen LogP contribution in [0, 0.1) is 0 Å². The van der Waals surface area contributed by atoms with Crippen LogP contribution in [-0.2, 0) is 21.3 Å². The van der Waals surface area contributed by atoms with Crippen molar-refractivity contribution >= 4 is 68.5 Å². The van der Waals surface area contributed by atoms with Gasteiger partial charge in [0, 0.05) is 42.5 Å². The molecular formula is C32H32N6O8S. The molecule has 0 radical (unpaired) electrons. The lowest BCUT2D eigenvalue weighted by atomic mass is 9.99. The van der Waals surface area contributed by atoms with Crippen LogP contribution in [-0.4, -0.2) is 91.0 Å². The molecule has 1 fully saturated rings. The van der Waals surface area contributed by atoms with Gasteiger partial charge in [-0.2, -0.15) is 0 Å². The van der Waals surface area contributed by atoms with E-state index in [-0.39, 0.29) is 36.3 Å². The minimum atomic E-state index is -0.475. The van der Waals surface area contributed by atoms with Gasteiger partial charge in [-0.1, -0.05) is 0 Å². The molecule has 6 rings (SSSR count). The molecule has 2 aliphatic heterocycles. The first-order valence-corrected chi connectivity index (χ1v) is 15.5. The lowest BCUT2D eigenvalue weighted by molar-refractivity contribution is -0.123. The smallest absolute Gasteiger partial charge is 0.348 e. The van der Waals surface area contributed by atoms with Crippen LogP contribution in [0.15, 0.2) is 47.6 Å². The number of aromatic nitrogens is 2. The molecule has 1 saturated heterocycles. The Balaban J connectivity index is 1.03. The molecule has 244 valence electrons. The third-order valence-corrected chi connectivity index (χ3v) is 9.03. The molecule has 0 unspecified atom stereocenters. The lowest BCUT2D eigenvalue weighted by Gasteiger charge is -2.36. The third kappa shape index (κ3) is 6.53. The van der Waals surface area contributed by atoms with E-state index in [0.717, 1.165) is 10.1 Å². The summed E-state index contributed by atoms with van der Waals surface area (Å²) < 4.78 is 23.8. The number of aliphatic imine (C=N–C) groups is 1. The third-order valence-electron chi connectivity index (χ3n) is 7.93. The molecular weight excluding hydrogens is 628 g/mol. The maximum atomic E-state index is 13.4. The fraction of sp³-hybridized carbons (Fsp3) is 0.312. The van der Waals surface area contributed by atoms with Crippen molar-refractivity contribution in [1.82, 2.24) is 14.5 Å². The number of methoxy groups -OCH3 is 3. The number of aryl methyl sites for hydroxylation is 1. The summed E-state index contributed by atoms with van der Waals surface area (Å²) in [4.78, 5) is 62.0. The standard InChI is InChI=1S/C32H32N6O8S/c1-37-15-27(36-29(37)30(40)34-18-5-6-25-17(9-18)10-26(47-25)32(42)45-4)35-28(39)16-46-20-7-8-38-19(11-20)14-33-22-13-24(44-3)23(43-2)12-21(22)31(38)41/h5-6,9-10,12-15,19-20H,7-8,11,16H2,1-4H3,(H,34,40)(H,35,39)/t19-,20+/m0/s1. The van der Waals surface area contributed by atoms with E-state index < -0.39 is 17.8 Å². The van der Waals surface area contributed by atoms with Gasteiger partial charge in [-0.15, -0.1) is 11.3 Å². The topological polar surface area (TPSA) is 163 Å². The van der Waals surface area contributed by atoms with Gasteiger partial charge in [0.1, 0.15) is 11.5 Å². The largest absolute Gasteiger partial charge is 0.493 e. The second-order valence-corrected chi connectivity index (χ2v) is 12.0. The normalized spacial score (nSPS) is 17.0. The summed E-state index contributed by atoms with van der Waals surface area (Å²) in [5.74, 6) is -0.270. The van der Waals surface area contributed by atoms with Crippen LogP contribution in [0.2, 0.25) is 0 Å². The lowest BCUT2D eigenvalue weighted by Crippen LogP contribution is -2.48. The number of carbonyl (C=O) groups excluding carboxylic acids is 4. The minimum Gasteiger partial charge on any atom is -0.493 e. The number of fused-ring (bicyclic) bond motifs is 3. The summed E-state index contributed by atoms with van der Waals surface area (Å²) in [6.07, 6.45) is 4.00. The quantitative estimate of drug-likeness (QED) is 0.252. The Bertz CT molecular complexity index is 1920. The van der Waals surface area contributed by atoms with Crippen molar-refractivity contribution in [3.63, 3.8) is 0 Å². The molecule has 14 nitrogen and oxygen atoms in total. The molecule has 0 saturated carbocycles. The SMILES string of the molecule is COC(=O)c1cc2cc(NC(=O)c3nc(NC(=O)CO[C@@H]4CCN5C(=O)c6cc(OC)c(OC)cc6N=C[C@@H]5C4)cn3C)ccc2s1. The van der Waals surface area contributed by atoms with Gasteiger partial charge >= 0.3 is 5.97 Å². The van der Waals surface area contributed by atoms with Crippen molar-refractivity contribution in [1.29, 1.82) is 0 Å². The zero-order valence-corrected chi connectivity index (χ0v) is 26.9. The average Bonchev–Trinajstić information content (AvgIpc) is 3.64. The molecule has 0 spiro atoms. The number of imidazole rings is 1. The monoisotopic (exact) mass is 660 g/mol. The van der Waals surface area contributed by atoms with E-state index in [2.05, 4.69) is 20.6 Å². The molecule has 2 N–H and O–H groups in total.